The molecule has 1 unspecified atom stereocenters. The van der Waals surface area contributed by atoms with E-state index in [1.54, 1.807) is 10.9 Å². The van der Waals surface area contributed by atoms with Crippen molar-refractivity contribution in [2.24, 2.45) is 7.05 Å². The Hall–Kier alpha value is -1.43. The van der Waals surface area contributed by atoms with Crippen molar-refractivity contribution in [3.63, 3.8) is 0 Å². The lowest BCUT2D eigenvalue weighted by atomic mass is 10.1. The summed E-state index contributed by atoms with van der Waals surface area (Å²) in [5.74, 6) is 0. The molecule has 0 aromatic carbocycles. The van der Waals surface area contributed by atoms with Gasteiger partial charge in [-0.25, -0.2) is 0 Å². The zero-order valence-electron chi connectivity index (χ0n) is 14.0. The molecule has 6 heteroatoms. The first kappa shape index (κ1) is 17.9. The van der Waals surface area contributed by atoms with Gasteiger partial charge in [-0.15, -0.1) is 0 Å². The minimum atomic E-state index is 0.0798. The molecule has 2 aromatic heterocycles. The first-order valence-corrected chi connectivity index (χ1v) is 8.42. The third-order valence-electron chi connectivity index (χ3n) is 4.16. The summed E-state index contributed by atoms with van der Waals surface area (Å²) in [5, 5.41) is 14.9. The Kier molecular flexibility index (Phi) is 6.57. The van der Waals surface area contributed by atoms with E-state index in [4.69, 9.17) is 11.6 Å². The molecular formula is C17H25ClN4O. The Bertz CT molecular complexity index is 611. The predicted molar refractivity (Wildman–Crippen MR) is 92.2 cm³/mol. The highest BCUT2D eigenvalue weighted by atomic mass is 35.5. The van der Waals surface area contributed by atoms with E-state index in [1.165, 1.54) is 0 Å². The molecular weight excluding hydrogens is 312 g/mol. The van der Waals surface area contributed by atoms with Crippen LogP contribution in [0.1, 0.15) is 37.1 Å². The van der Waals surface area contributed by atoms with Gasteiger partial charge in [0.2, 0.25) is 0 Å². The van der Waals surface area contributed by atoms with E-state index in [2.05, 4.69) is 34.9 Å². The molecule has 0 bridgehead atoms. The molecule has 0 fully saturated rings. The van der Waals surface area contributed by atoms with E-state index in [1.807, 2.05) is 19.3 Å². The molecule has 0 aliphatic heterocycles. The summed E-state index contributed by atoms with van der Waals surface area (Å²) >= 11 is 6.43. The highest BCUT2D eigenvalue weighted by molar-refractivity contribution is 6.30. The van der Waals surface area contributed by atoms with Crippen LogP contribution in [0.3, 0.4) is 0 Å². The number of aliphatic hydroxyl groups is 1. The monoisotopic (exact) mass is 336 g/mol. The summed E-state index contributed by atoms with van der Waals surface area (Å²) < 4.78 is 1.72. The van der Waals surface area contributed by atoms with Crippen LogP contribution in [-0.4, -0.2) is 37.4 Å². The maximum atomic E-state index is 9.74. The van der Waals surface area contributed by atoms with Gasteiger partial charge in [-0.05, 0) is 24.5 Å². The fourth-order valence-electron chi connectivity index (χ4n) is 2.79. The fraction of sp³-hybridized carbons (Fsp3) is 0.529. The normalized spacial score (nSPS) is 12.8. The van der Waals surface area contributed by atoms with Crippen LogP contribution in [-0.2, 0) is 26.6 Å². The minimum absolute atomic E-state index is 0.0798. The summed E-state index contributed by atoms with van der Waals surface area (Å²) in [6.45, 7) is 5.68. The number of pyridine rings is 1. The van der Waals surface area contributed by atoms with Gasteiger partial charge in [0.05, 0.1) is 12.3 Å². The van der Waals surface area contributed by atoms with Crippen molar-refractivity contribution in [3.05, 3.63) is 46.5 Å². The number of rotatable bonds is 8. The van der Waals surface area contributed by atoms with Crippen molar-refractivity contribution in [3.8, 4) is 0 Å². The smallest absolute Gasteiger partial charge is 0.131 e. The van der Waals surface area contributed by atoms with Gasteiger partial charge in [0.1, 0.15) is 5.15 Å². The zero-order valence-corrected chi connectivity index (χ0v) is 14.8. The maximum Gasteiger partial charge on any atom is 0.131 e. The van der Waals surface area contributed by atoms with Gasteiger partial charge in [0.15, 0.2) is 0 Å². The van der Waals surface area contributed by atoms with Crippen LogP contribution < -0.4 is 0 Å². The van der Waals surface area contributed by atoms with Gasteiger partial charge in [0.25, 0.3) is 0 Å². The van der Waals surface area contributed by atoms with Gasteiger partial charge in [0, 0.05) is 44.1 Å². The van der Waals surface area contributed by atoms with E-state index in [0.29, 0.717) is 11.7 Å². The lowest BCUT2D eigenvalue weighted by Gasteiger charge is -2.30. The second kappa shape index (κ2) is 8.43. The van der Waals surface area contributed by atoms with Crippen LogP contribution in [0.5, 0.6) is 0 Å². The molecule has 0 aliphatic rings. The number of aliphatic hydroxyl groups excluding tert-OH is 1. The number of hydrogen-bond donors (Lipinski definition) is 1. The minimum Gasteiger partial charge on any atom is -0.395 e. The van der Waals surface area contributed by atoms with Gasteiger partial charge in [-0.1, -0.05) is 31.5 Å². The van der Waals surface area contributed by atoms with Crippen molar-refractivity contribution < 1.29 is 5.11 Å². The summed E-state index contributed by atoms with van der Waals surface area (Å²) in [4.78, 5) is 6.43. The molecule has 1 N–H and O–H groups in total. The molecule has 0 saturated carbocycles. The Morgan fingerprint density at radius 2 is 2.13 bits per heavy atom. The van der Waals surface area contributed by atoms with E-state index >= 15 is 0 Å². The summed E-state index contributed by atoms with van der Waals surface area (Å²) in [6, 6.07) is 4.06. The summed E-state index contributed by atoms with van der Waals surface area (Å²) in [5.41, 5.74) is 3.19. The fourth-order valence-corrected chi connectivity index (χ4v) is 2.99. The van der Waals surface area contributed by atoms with E-state index in [-0.39, 0.29) is 12.6 Å². The largest absolute Gasteiger partial charge is 0.395 e. The van der Waals surface area contributed by atoms with Crippen molar-refractivity contribution in [2.75, 3.05) is 6.61 Å². The Balaban J connectivity index is 2.27. The molecule has 2 heterocycles. The van der Waals surface area contributed by atoms with Crippen molar-refractivity contribution >= 4 is 11.6 Å². The average Bonchev–Trinajstić information content (AvgIpc) is 2.84. The lowest BCUT2D eigenvalue weighted by Crippen LogP contribution is -2.36. The van der Waals surface area contributed by atoms with Gasteiger partial charge in [-0.2, -0.15) is 5.10 Å². The molecule has 126 valence electrons. The summed E-state index contributed by atoms with van der Waals surface area (Å²) in [7, 11) is 1.86. The third-order valence-corrected chi connectivity index (χ3v) is 4.63. The molecule has 0 amide bonds. The number of aryl methyl sites for hydroxylation is 2. The number of aromatic nitrogens is 3. The van der Waals surface area contributed by atoms with Crippen LogP contribution in [0.15, 0.2) is 24.5 Å². The van der Waals surface area contributed by atoms with Crippen molar-refractivity contribution in [2.45, 2.75) is 45.8 Å². The average molecular weight is 337 g/mol. The molecule has 23 heavy (non-hydrogen) atoms. The van der Waals surface area contributed by atoms with Crippen molar-refractivity contribution in [1.82, 2.24) is 19.7 Å². The topological polar surface area (TPSA) is 54.2 Å². The van der Waals surface area contributed by atoms with E-state index < -0.39 is 0 Å². The van der Waals surface area contributed by atoms with Crippen molar-refractivity contribution in [1.29, 1.82) is 0 Å². The molecule has 2 rings (SSSR count). The SMILES string of the molecule is CCc1nn(C)c(Cl)c1CN(Cc1cccnc1)C(CC)CO. The molecule has 0 radical (unpaired) electrons. The Labute approximate surface area is 142 Å². The standard InChI is InChI=1S/C17H25ClN4O/c1-4-14(12-23)22(10-13-7-6-8-19-9-13)11-15-16(5-2)20-21(3)17(15)18/h6-9,14,23H,4-5,10-12H2,1-3H3. The predicted octanol–water partition coefficient (Wildman–Crippen LogP) is 2.80. The quantitative estimate of drug-likeness (QED) is 0.805. The number of hydrogen-bond acceptors (Lipinski definition) is 4. The summed E-state index contributed by atoms with van der Waals surface area (Å²) in [6.07, 6.45) is 5.34. The van der Waals surface area contributed by atoms with Gasteiger partial charge < -0.3 is 5.11 Å². The van der Waals surface area contributed by atoms with Crippen LogP contribution >= 0.6 is 11.6 Å². The van der Waals surface area contributed by atoms with Crippen LogP contribution in [0.25, 0.3) is 0 Å². The second-order valence-corrected chi connectivity index (χ2v) is 6.06. The van der Waals surface area contributed by atoms with Gasteiger partial charge in [-0.3, -0.25) is 14.6 Å². The zero-order chi connectivity index (χ0) is 16.8. The maximum absolute atomic E-state index is 9.74. The van der Waals surface area contributed by atoms with Crippen LogP contribution in [0, 0.1) is 0 Å². The first-order chi connectivity index (χ1) is 11.1. The van der Waals surface area contributed by atoms with E-state index in [9.17, 15) is 5.11 Å². The second-order valence-electron chi connectivity index (χ2n) is 5.70. The molecule has 0 saturated heterocycles. The van der Waals surface area contributed by atoms with Crippen LogP contribution in [0.2, 0.25) is 5.15 Å². The number of halogens is 1. The number of nitrogens with zero attached hydrogens (tertiary/aromatic N) is 4. The van der Waals surface area contributed by atoms with Gasteiger partial charge >= 0.3 is 0 Å². The van der Waals surface area contributed by atoms with E-state index in [0.717, 1.165) is 36.2 Å². The molecule has 2 aromatic rings. The highest BCUT2D eigenvalue weighted by Gasteiger charge is 2.22. The third kappa shape index (κ3) is 4.31. The Morgan fingerprint density at radius 3 is 2.70 bits per heavy atom. The van der Waals surface area contributed by atoms with Crippen LogP contribution in [0.4, 0.5) is 0 Å². The Morgan fingerprint density at radius 1 is 1.35 bits per heavy atom. The molecule has 1 atom stereocenters. The molecule has 0 spiro atoms. The molecule has 5 nitrogen and oxygen atoms in total. The lowest BCUT2D eigenvalue weighted by molar-refractivity contribution is 0.106. The first-order valence-electron chi connectivity index (χ1n) is 8.04. The molecule has 0 aliphatic carbocycles. The highest BCUT2D eigenvalue weighted by Crippen LogP contribution is 2.24.